The van der Waals surface area contributed by atoms with E-state index in [0.29, 0.717) is 19.3 Å². The van der Waals surface area contributed by atoms with Crippen molar-refractivity contribution in [2.24, 2.45) is 0 Å². The highest BCUT2D eigenvalue weighted by Crippen LogP contribution is 2.26. The molecule has 1 rings (SSSR count). The largest absolute Gasteiger partial charge is 0.479 e. The maximum Gasteiger partial charge on any atom is 0.335 e. The molecule has 0 radical (unpaired) electrons. The molecule has 3 N–H and O–H groups in total. The molecule has 12 nitrogen and oxygen atoms in total. The summed E-state index contributed by atoms with van der Waals surface area (Å²) in [4.78, 5) is 51.2. The average Bonchev–Trinajstić information content (AvgIpc) is 3.42. The number of carbonyl (C=O) groups is 4. The molecule has 0 aliphatic carbocycles. The van der Waals surface area contributed by atoms with Gasteiger partial charge >= 0.3 is 23.9 Å². The molecule has 0 saturated carbocycles. The minimum Gasteiger partial charge on any atom is -0.479 e. The normalized spacial score (nSPS) is 18.4. The van der Waals surface area contributed by atoms with Crippen LogP contribution in [0.5, 0.6) is 0 Å². The molecule has 1 saturated heterocycles. The number of allylic oxidation sites excluding steroid dienone is 10. The van der Waals surface area contributed by atoms with E-state index in [2.05, 4.69) is 81.5 Å². The number of carboxylic acids is 1. The van der Waals surface area contributed by atoms with E-state index in [1.165, 1.54) is 83.5 Å². The second-order valence-electron chi connectivity index (χ2n) is 21.3. The topological polar surface area (TPSA) is 175 Å². The van der Waals surface area contributed by atoms with Crippen LogP contribution >= 0.6 is 0 Å². The number of aliphatic hydroxyl groups is 2. The Kier molecular flexibility index (Phi) is 49.2. The number of carboxylic acid groups (broad SMARTS) is 1. The third-order valence-electron chi connectivity index (χ3n) is 14.0. The van der Waals surface area contributed by atoms with E-state index in [4.69, 9.17) is 23.7 Å². The highest BCUT2D eigenvalue weighted by Gasteiger charge is 2.50. The van der Waals surface area contributed by atoms with Gasteiger partial charge in [0.25, 0.3) is 0 Å². The first-order valence-electron chi connectivity index (χ1n) is 31.3. The van der Waals surface area contributed by atoms with Crippen LogP contribution in [-0.4, -0.2) is 89.2 Å². The van der Waals surface area contributed by atoms with Crippen LogP contribution in [0.4, 0.5) is 0 Å². The minimum absolute atomic E-state index is 0.0489. The van der Waals surface area contributed by atoms with Gasteiger partial charge in [-0.25, -0.2) is 4.79 Å². The Balaban J connectivity index is 2.69. The van der Waals surface area contributed by atoms with Gasteiger partial charge in [0, 0.05) is 19.3 Å². The molecule has 6 unspecified atom stereocenters. The number of unbranched alkanes of at least 4 members (excludes halogenated alkanes) is 29. The summed E-state index contributed by atoms with van der Waals surface area (Å²) in [6, 6.07) is 0. The predicted molar refractivity (Wildman–Crippen MR) is 312 cm³/mol. The fourth-order valence-corrected chi connectivity index (χ4v) is 9.25. The van der Waals surface area contributed by atoms with Crippen LogP contribution in [0.15, 0.2) is 60.8 Å². The SMILES string of the molecule is CC/C=C\C/C=C\C/C=C\CCCCCCCCCC(=O)OCC(COC1OC(C(=O)O)C(O)C(O)C1OC(=O)CCCCCCC/C=C\CCCCCCCC)OC(=O)CCCCCCC/C=C\CCCCCCCC. The van der Waals surface area contributed by atoms with Gasteiger partial charge in [0.2, 0.25) is 0 Å². The Bertz CT molecular complexity index is 1570. The van der Waals surface area contributed by atoms with Crippen molar-refractivity contribution in [2.75, 3.05) is 13.2 Å². The van der Waals surface area contributed by atoms with Crippen LogP contribution in [0, 0.1) is 0 Å². The summed E-state index contributed by atoms with van der Waals surface area (Å²) in [6.45, 7) is 5.87. The molecule has 0 aromatic carbocycles. The van der Waals surface area contributed by atoms with Crippen molar-refractivity contribution in [2.45, 2.75) is 314 Å². The highest BCUT2D eigenvalue weighted by molar-refractivity contribution is 5.74. The van der Waals surface area contributed by atoms with Gasteiger partial charge in [0.15, 0.2) is 24.6 Å². The van der Waals surface area contributed by atoms with Crippen LogP contribution in [0.3, 0.4) is 0 Å². The number of aliphatic carboxylic acids is 1. The molecule has 1 heterocycles. The summed E-state index contributed by atoms with van der Waals surface area (Å²) in [5.41, 5.74) is 0. The van der Waals surface area contributed by atoms with E-state index in [1.807, 2.05) is 0 Å². The summed E-state index contributed by atoms with van der Waals surface area (Å²) in [5.74, 6) is -3.14. The van der Waals surface area contributed by atoms with Gasteiger partial charge in [-0.3, -0.25) is 14.4 Å². The summed E-state index contributed by atoms with van der Waals surface area (Å²) < 4.78 is 28.5. The van der Waals surface area contributed by atoms with Gasteiger partial charge in [-0.1, -0.05) is 216 Å². The third-order valence-corrected chi connectivity index (χ3v) is 14.0. The number of ether oxygens (including phenoxy) is 5. The Morgan fingerprint density at radius 1 is 0.442 bits per heavy atom. The monoisotopic (exact) mass is 1080 g/mol. The number of hydrogen-bond acceptors (Lipinski definition) is 11. The van der Waals surface area contributed by atoms with Gasteiger partial charge in [0.05, 0.1) is 6.61 Å². The standard InChI is InChI=1S/C65H112O12/c1-4-7-10-13-16-19-22-25-28-29-32-33-36-39-42-45-48-51-57(66)73-54-56(75-58(67)52-49-46-43-40-37-34-30-26-23-20-17-14-11-8-5-2)55-74-65-63(61(70)60(69)62(77-65)64(71)72)76-59(68)53-50-47-44-41-38-35-31-27-24-21-18-15-12-9-6-3/h7,10,16,19,25-28,30-31,56,60-63,65,69-70H,4-6,8-9,11-15,17-18,20-24,29,32-55H2,1-3H3,(H,71,72)/b10-7-,19-16-,28-25-,30-26-,31-27-. The van der Waals surface area contributed by atoms with Gasteiger partial charge in [-0.05, 0) is 103 Å². The summed E-state index contributed by atoms with van der Waals surface area (Å²) in [7, 11) is 0. The van der Waals surface area contributed by atoms with Crippen molar-refractivity contribution >= 4 is 23.9 Å². The van der Waals surface area contributed by atoms with Crippen molar-refractivity contribution in [3.8, 4) is 0 Å². The van der Waals surface area contributed by atoms with Crippen molar-refractivity contribution in [1.29, 1.82) is 0 Å². The molecule has 0 aromatic heterocycles. The molecule has 0 aromatic rings. The number of rotatable bonds is 53. The first kappa shape index (κ1) is 71.4. The molecule has 77 heavy (non-hydrogen) atoms. The lowest BCUT2D eigenvalue weighted by Gasteiger charge is -2.40. The number of hydrogen-bond donors (Lipinski definition) is 3. The van der Waals surface area contributed by atoms with Crippen LogP contribution in [0.25, 0.3) is 0 Å². The Morgan fingerprint density at radius 2 is 0.818 bits per heavy atom. The van der Waals surface area contributed by atoms with Crippen molar-refractivity contribution in [1.82, 2.24) is 0 Å². The molecule has 0 amide bonds. The first-order valence-corrected chi connectivity index (χ1v) is 31.3. The van der Waals surface area contributed by atoms with Gasteiger partial charge in [0.1, 0.15) is 18.8 Å². The van der Waals surface area contributed by atoms with Gasteiger partial charge in [-0.2, -0.15) is 0 Å². The highest BCUT2D eigenvalue weighted by atomic mass is 16.7. The lowest BCUT2D eigenvalue weighted by atomic mass is 9.98. The summed E-state index contributed by atoms with van der Waals surface area (Å²) in [5, 5.41) is 31.5. The predicted octanol–water partition coefficient (Wildman–Crippen LogP) is 16.3. The van der Waals surface area contributed by atoms with Crippen molar-refractivity contribution in [3.05, 3.63) is 60.8 Å². The fraction of sp³-hybridized carbons (Fsp3) is 0.785. The molecular weight excluding hydrogens is 973 g/mol. The Labute approximate surface area is 468 Å². The minimum atomic E-state index is -1.91. The van der Waals surface area contributed by atoms with Crippen LogP contribution in [0.2, 0.25) is 0 Å². The van der Waals surface area contributed by atoms with E-state index in [-0.39, 0.29) is 25.9 Å². The fourth-order valence-electron chi connectivity index (χ4n) is 9.25. The number of esters is 3. The zero-order valence-corrected chi connectivity index (χ0v) is 49.0. The molecule has 6 atom stereocenters. The average molecular weight is 1090 g/mol. The number of aliphatic hydroxyl groups excluding tert-OH is 2. The van der Waals surface area contributed by atoms with E-state index in [1.54, 1.807) is 0 Å². The molecule has 0 spiro atoms. The molecule has 1 aliphatic heterocycles. The van der Waals surface area contributed by atoms with Gasteiger partial charge in [-0.15, -0.1) is 0 Å². The molecule has 444 valence electrons. The first-order chi connectivity index (χ1) is 37.6. The Morgan fingerprint density at radius 3 is 1.26 bits per heavy atom. The molecule has 1 fully saturated rings. The molecule has 1 aliphatic rings. The number of carbonyl (C=O) groups excluding carboxylic acids is 3. The van der Waals surface area contributed by atoms with Crippen LogP contribution in [0.1, 0.15) is 278 Å². The second kappa shape index (κ2) is 53.1. The quantitative estimate of drug-likeness (QED) is 0.0228. The van der Waals surface area contributed by atoms with Crippen molar-refractivity contribution in [3.63, 3.8) is 0 Å². The maximum absolute atomic E-state index is 13.2. The van der Waals surface area contributed by atoms with E-state index >= 15 is 0 Å². The molecule has 0 bridgehead atoms. The van der Waals surface area contributed by atoms with Crippen LogP contribution in [-0.2, 0) is 42.9 Å². The zero-order valence-electron chi connectivity index (χ0n) is 49.0. The Hall–Kier alpha value is -3.58. The lowest BCUT2D eigenvalue weighted by Crippen LogP contribution is -2.61. The van der Waals surface area contributed by atoms with E-state index in [0.717, 1.165) is 135 Å². The third kappa shape index (κ3) is 43.0. The van der Waals surface area contributed by atoms with Gasteiger partial charge < -0.3 is 39.0 Å². The van der Waals surface area contributed by atoms with E-state index < -0.39 is 67.3 Å². The van der Waals surface area contributed by atoms with Crippen LogP contribution < -0.4 is 0 Å². The lowest BCUT2D eigenvalue weighted by molar-refractivity contribution is -0.301. The molecular formula is C65H112O12. The smallest absolute Gasteiger partial charge is 0.335 e. The van der Waals surface area contributed by atoms with Crippen molar-refractivity contribution < 1.29 is 58.2 Å². The molecule has 12 heteroatoms. The zero-order chi connectivity index (χ0) is 56.1. The van der Waals surface area contributed by atoms with E-state index in [9.17, 15) is 34.5 Å². The maximum atomic E-state index is 13.2. The summed E-state index contributed by atoms with van der Waals surface area (Å²) >= 11 is 0. The summed E-state index contributed by atoms with van der Waals surface area (Å²) in [6.07, 6.45) is 53.2. The second-order valence-corrected chi connectivity index (χ2v) is 21.3.